The number of carboxylic acid groups (broad SMARTS) is 1. The standard InChI is InChI=1S/C17H30O6/c1-8-16(4,5)22-13(18)10-12(14(19)20)11(3)15(21)23-17(6,7)9-2/h11-12H,8-10H2,1-7H3,(H,19,20). The topological polar surface area (TPSA) is 89.9 Å². The van der Waals surface area contributed by atoms with Crippen molar-refractivity contribution < 1.29 is 29.0 Å². The van der Waals surface area contributed by atoms with Crippen molar-refractivity contribution in [2.75, 3.05) is 0 Å². The highest BCUT2D eigenvalue weighted by Crippen LogP contribution is 2.24. The maximum absolute atomic E-state index is 12.1. The first-order chi connectivity index (χ1) is 10.3. The van der Waals surface area contributed by atoms with E-state index < -0.39 is 40.9 Å². The van der Waals surface area contributed by atoms with E-state index in [1.54, 1.807) is 27.7 Å². The molecule has 0 aromatic rings. The summed E-state index contributed by atoms with van der Waals surface area (Å²) >= 11 is 0. The molecular weight excluding hydrogens is 300 g/mol. The van der Waals surface area contributed by atoms with E-state index >= 15 is 0 Å². The van der Waals surface area contributed by atoms with Crippen LogP contribution in [0.3, 0.4) is 0 Å². The van der Waals surface area contributed by atoms with Gasteiger partial charge in [-0.05, 0) is 40.5 Å². The number of hydrogen-bond donors (Lipinski definition) is 1. The molecule has 0 amide bonds. The van der Waals surface area contributed by atoms with Crippen molar-refractivity contribution in [1.29, 1.82) is 0 Å². The van der Waals surface area contributed by atoms with Gasteiger partial charge in [-0.2, -0.15) is 0 Å². The lowest BCUT2D eigenvalue weighted by molar-refractivity contribution is -0.170. The summed E-state index contributed by atoms with van der Waals surface area (Å²) in [6, 6.07) is 0. The van der Waals surface area contributed by atoms with Gasteiger partial charge in [-0.1, -0.05) is 20.8 Å². The molecular formula is C17H30O6. The summed E-state index contributed by atoms with van der Waals surface area (Å²) in [5, 5.41) is 9.34. The van der Waals surface area contributed by atoms with Gasteiger partial charge in [0.25, 0.3) is 0 Å². The molecule has 0 rings (SSSR count). The average Bonchev–Trinajstić information content (AvgIpc) is 2.42. The molecule has 0 spiro atoms. The van der Waals surface area contributed by atoms with E-state index in [0.29, 0.717) is 12.8 Å². The highest BCUT2D eigenvalue weighted by Gasteiger charge is 2.36. The first-order valence-electron chi connectivity index (χ1n) is 8.02. The molecule has 0 aliphatic heterocycles. The first kappa shape index (κ1) is 21.4. The first-order valence-corrected chi connectivity index (χ1v) is 8.02. The molecule has 0 aliphatic rings. The van der Waals surface area contributed by atoms with Crippen molar-refractivity contribution in [2.45, 2.75) is 78.9 Å². The molecule has 134 valence electrons. The van der Waals surface area contributed by atoms with Crippen molar-refractivity contribution in [3.8, 4) is 0 Å². The number of rotatable bonds is 9. The van der Waals surface area contributed by atoms with Crippen LogP contribution in [0.2, 0.25) is 0 Å². The molecule has 23 heavy (non-hydrogen) atoms. The second-order valence-electron chi connectivity index (χ2n) is 7.06. The molecule has 0 aliphatic carbocycles. The van der Waals surface area contributed by atoms with Gasteiger partial charge in [-0.3, -0.25) is 14.4 Å². The van der Waals surface area contributed by atoms with E-state index in [1.807, 2.05) is 13.8 Å². The summed E-state index contributed by atoms with van der Waals surface area (Å²) in [6.45, 7) is 12.2. The quantitative estimate of drug-likeness (QED) is 0.653. The summed E-state index contributed by atoms with van der Waals surface area (Å²) < 4.78 is 10.6. The van der Waals surface area contributed by atoms with Crippen LogP contribution in [0.25, 0.3) is 0 Å². The van der Waals surface area contributed by atoms with Gasteiger partial charge in [-0.25, -0.2) is 0 Å². The predicted octanol–water partition coefficient (Wildman–Crippen LogP) is 3.18. The molecule has 0 heterocycles. The van der Waals surface area contributed by atoms with Crippen LogP contribution in [-0.2, 0) is 23.9 Å². The summed E-state index contributed by atoms with van der Waals surface area (Å²) in [4.78, 5) is 35.5. The SMILES string of the molecule is CCC(C)(C)OC(=O)CC(C(=O)O)C(C)C(=O)OC(C)(C)CC. The summed E-state index contributed by atoms with van der Waals surface area (Å²) in [7, 11) is 0. The van der Waals surface area contributed by atoms with E-state index in [9.17, 15) is 19.5 Å². The fourth-order valence-corrected chi connectivity index (χ4v) is 1.68. The normalized spacial score (nSPS) is 14.7. The Balaban J connectivity index is 4.95. The average molecular weight is 330 g/mol. The van der Waals surface area contributed by atoms with Gasteiger partial charge in [0.05, 0.1) is 18.3 Å². The Morgan fingerprint density at radius 2 is 1.39 bits per heavy atom. The van der Waals surface area contributed by atoms with Crippen LogP contribution in [0, 0.1) is 11.8 Å². The molecule has 0 aromatic heterocycles. The fourth-order valence-electron chi connectivity index (χ4n) is 1.68. The predicted molar refractivity (Wildman–Crippen MR) is 85.8 cm³/mol. The van der Waals surface area contributed by atoms with Crippen molar-refractivity contribution in [1.82, 2.24) is 0 Å². The lowest BCUT2D eigenvalue weighted by atomic mass is 9.90. The van der Waals surface area contributed by atoms with Crippen LogP contribution in [0.4, 0.5) is 0 Å². The van der Waals surface area contributed by atoms with Gasteiger partial charge in [0.1, 0.15) is 11.2 Å². The molecule has 0 saturated carbocycles. The molecule has 6 heteroatoms. The van der Waals surface area contributed by atoms with Crippen molar-refractivity contribution in [2.24, 2.45) is 11.8 Å². The number of carbonyl (C=O) groups is 3. The largest absolute Gasteiger partial charge is 0.481 e. The summed E-state index contributed by atoms with van der Waals surface area (Å²) in [6.07, 6.45) is 0.857. The Labute approximate surface area is 138 Å². The Morgan fingerprint density at radius 3 is 1.78 bits per heavy atom. The molecule has 6 nitrogen and oxygen atoms in total. The zero-order chi connectivity index (χ0) is 18.4. The van der Waals surface area contributed by atoms with Crippen LogP contribution < -0.4 is 0 Å². The highest BCUT2D eigenvalue weighted by molar-refractivity contribution is 5.85. The second kappa shape index (κ2) is 8.31. The minimum Gasteiger partial charge on any atom is -0.481 e. The van der Waals surface area contributed by atoms with Crippen LogP contribution in [-0.4, -0.2) is 34.2 Å². The maximum atomic E-state index is 12.1. The fraction of sp³-hybridized carbons (Fsp3) is 0.824. The minimum atomic E-state index is -1.21. The minimum absolute atomic E-state index is 0.360. The van der Waals surface area contributed by atoms with E-state index in [2.05, 4.69) is 0 Å². The third-order valence-electron chi connectivity index (χ3n) is 4.15. The number of ether oxygens (including phenoxy) is 2. The van der Waals surface area contributed by atoms with Crippen molar-refractivity contribution in [3.05, 3.63) is 0 Å². The van der Waals surface area contributed by atoms with Gasteiger partial charge < -0.3 is 14.6 Å². The van der Waals surface area contributed by atoms with Crippen LogP contribution in [0.15, 0.2) is 0 Å². The molecule has 0 aromatic carbocycles. The Morgan fingerprint density at radius 1 is 0.957 bits per heavy atom. The van der Waals surface area contributed by atoms with Gasteiger partial charge in [-0.15, -0.1) is 0 Å². The van der Waals surface area contributed by atoms with E-state index in [0.717, 1.165) is 0 Å². The van der Waals surface area contributed by atoms with Gasteiger partial charge >= 0.3 is 17.9 Å². The summed E-state index contributed by atoms with van der Waals surface area (Å²) in [5.74, 6) is -4.56. The second-order valence-corrected chi connectivity index (χ2v) is 7.06. The number of esters is 2. The molecule has 0 radical (unpaired) electrons. The number of aliphatic carboxylic acids is 1. The van der Waals surface area contributed by atoms with Gasteiger partial charge in [0.2, 0.25) is 0 Å². The maximum Gasteiger partial charge on any atom is 0.310 e. The van der Waals surface area contributed by atoms with Gasteiger partial charge in [0, 0.05) is 0 Å². The molecule has 0 saturated heterocycles. The van der Waals surface area contributed by atoms with E-state index in [4.69, 9.17) is 9.47 Å². The number of carbonyl (C=O) groups excluding carboxylic acids is 2. The number of hydrogen-bond acceptors (Lipinski definition) is 5. The smallest absolute Gasteiger partial charge is 0.310 e. The Hall–Kier alpha value is -1.59. The molecule has 2 atom stereocenters. The highest BCUT2D eigenvalue weighted by atomic mass is 16.6. The van der Waals surface area contributed by atoms with Crippen LogP contribution in [0.5, 0.6) is 0 Å². The zero-order valence-corrected chi connectivity index (χ0v) is 15.3. The molecule has 2 unspecified atom stereocenters. The van der Waals surface area contributed by atoms with Crippen LogP contribution in [0.1, 0.15) is 67.7 Å². The van der Waals surface area contributed by atoms with Crippen LogP contribution >= 0.6 is 0 Å². The van der Waals surface area contributed by atoms with E-state index in [-0.39, 0.29) is 6.42 Å². The van der Waals surface area contributed by atoms with Gasteiger partial charge in [0.15, 0.2) is 0 Å². The lowest BCUT2D eigenvalue weighted by Gasteiger charge is -2.28. The molecule has 0 fully saturated rings. The Kier molecular flexibility index (Phi) is 7.74. The summed E-state index contributed by atoms with van der Waals surface area (Å²) in [5.41, 5.74) is -1.33. The third-order valence-corrected chi connectivity index (χ3v) is 4.15. The van der Waals surface area contributed by atoms with Crippen molar-refractivity contribution in [3.63, 3.8) is 0 Å². The zero-order valence-electron chi connectivity index (χ0n) is 15.3. The third kappa shape index (κ3) is 7.48. The molecule has 1 N–H and O–H groups in total. The molecule has 0 bridgehead atoms. The van der Waals surface area contributed by atoms with E-state index in [1.165, 1.54) is 6.92 Å². The van der Waals surface area contributed by atoms with Crippen molar-refractivity contribution >= 4 is 17.9 Å². The number of carboxylic acids is 1. The monoisotopic (exact) mass is 330 g/mol. The lowest BCUT2D eigenvalue weighted by Crippen LogP contribution is -2.37. The Bertz CT molecular complexity index is 438.